The molecule has 2 aromatic rings. The van der Waals surface area contributed by atoms with Gasteiger partial charge in [-0.25, -0.2) is 9.97 Å². The Balaban J connectivity index is 1.80. The quantitative estimate of drug-likeness (QED) is 0.915. The standard InChI is InChI=1S/C15H17N3O/c1-15(2)14(12-5-3-4-6-13(12)19-15)17-9-11-7-8-16-10-18-11/h3-8,10,14,17H,9H2,1-2H3. The highest BCUT2D eigenvalue weighted by Gasteiger charge is 2.40. The molecule has 1 N–H and O–H groups in total. The van der Waals surface area contributed by atoms with Crippen molar-refractivity contribution in [3.05, 3.63) is 54.1 Å². The van der Waals surface area contributed by atoms with Crippen molar-refractivity contribution in [2.45, 2.75) is 32.0 Å². The molecule has 0 aliphatic carbocycles. The second-order valence-corrected chi connectivity index (χ2v) is 5.26. The predicted octanol–water partition coefficient (Wildman–Crippen LogP) is 2.48. The van der Waals surface area contributed by atoms with Crippen LogP contribution in [0.5, 0.6) is 5.75 Å². The molecule has 98 valence electrons. The number of ether oxygens (including phenoxy) is 1. The van der Waals surface area contributed by atoms with Gasteiger partial charge in [0.15, 0.2) is 0 Å². The summed E-state index contributed by atoms with van der Waals surface area (Å²) in [6, 6.07) is 10.3. The molecule has 1 aliphatic rings. The topological polar surface area (TPSA) is 47.0 Å². The van der Waals surface area contributed by atoms with Crippen LogP contribution in [0, 0.1) is 0 Å². The zero-order chi connectivity index (χ0) is 13.3. The minimum absolute atomic E-state index is 0.165. The van der Waals surface area contributed by atoms with Gasteiger partial charge in [0.1, 0.15) is 17.7 Å². The lowest BCUT2D eigenvalue weighted by atomic mass is 9.94. The van der Waals surface area contributed by atoms with Crippen molar-refractivity contribution in [1.82, 2.24) is 15.3 Å². The van der Waals surface area contributed by atoms with Crippen LogP contribution in [-0.2, 0) is 6.54 Å². The molecule has 1 aliphatic heterocycles. The van der Waals surface area contributed by atoms with Crippen molar-refractivity contribution in [2.75, 3.05) is 0 Å². The molecule has 0 amide bonds. The van der Waals surface area contributed by atoms with E-state index < -0.39 is 0 Å². The van der Waals surface area contributed by atoms with E-state index in [0.717, 1.165) is 11.4 Å². The Hall–Kier alpha value is -1.94. The average molecular weight is 255 g/mol. The highest BCUT2D eigenvalue weighted by molar-refractivity contribution is 5.42. The van der Waals surface area contributed by atoms with E-state index in [9.17, 15) is 0 Å². The van der Waals surface area contributed by atoms with Crippen molar-refractivity contribution in [1.29, 1.82) is 0 Å². The summed E-state index contributed by atoms with van der Waals surface area (Å²) in [7, 11) is 0. The van der Waals surface area contributed by atoms with Crippen LogP contribution in [0.3, 0.4) is 0 Å². The minimum atomic E-state index is -0.253. The first kappa shape index (κ1) is 12.1. The number of benzene rings is 1. The Labute approximate surface area is 112 Å². The molecule has 0 fully saturated rings. The Morgan fingerprint density at radius 2 is 2.11 bits per heavy atom. The van der Waals surface area contributed by atoms with Gasteiger partial charge in [0.25, 0.3) is 0 Å². The number of nitrogens with zero attached hydrogens (tertiary/aromatic N) is 2. The van der Waals surface area contributed by atoms with E-state index in [1.165, 1.54) is 5.56 Å². The van der Waals surface area contributed by atoms with Gasteiger partial charge >= 0.3 is 0 Å². The van der Waals surface area contributed by atoms with Gasteiger partial charge in [-0.15, -0.1) is 0 Å². The third kappa shape index (κ3) is 2.31. The van der Waals surface area contributed by atoms with Crippen molar-refractivity contribution < 1.29 is 4.74 Å². The van der Waals surface area contributed by atoms with E-state index in [1.807, 2.05) is 24.3 Å². The van der Waals surface area contributed by atoms with E-state index in [-0.39, 0.29) is 11.6 Å². The van der Waals surface area contributed by atoms with Crippen LogP contribution >= 0.6 is 0 Å². The van der Waals surface area contributed by atoms with Crippen LogP contribution < -0.4 is 10.1 Å². The summed E-state index contributed by atoms with van der Waals surface area (Å²) in [4.78, 5) is 8.16. The number of rotatable bonds is 3. The molecule has 1 aromatic carbocycles. The van der Waals surface area contributed by atoms with Crippen LogP contribution in [0.2, 0.25) is 0 Å². The van der Waals surface area contributed by atoms with Crippen LogP contribution in [0.25, 0.3) is 0 Å². The van der Waals surface area contributed by atoms with Gasteiger partial charge in [-0.2, -0.15) is 0 Å². The number of hydrogen-bond acceptors (Lipinski definition) is 4. The summed E-state index contributed by atoms with van der Waals surface area (Å²) in [6.45, 7) is 4.91. The van der Waals surface area contributed by atoms with Crippen molar-refractivity contribution in [2.24, 2.45) is 0 Å². The lowest BCUT2D eigenvalue weighted by molar-refractivity contribution is 0.0956. The van der Waals surface area contributed by atoms with E-state index in [0.29, 0.717) is 6.54 Å². The Kier molecular flexibility index (Phi) is 2.95. The first-order valence-corrected chi connectivity index (χ1v) is 6.43. The lowest BCUT2D eigenvalue weighted by Crippen LogP contribution is -2.38. The predicted molar refractivity (Wildman–Crippen MR) is 72.8 cm³/mol. The summed E-state index contributed by atoms with van der Waals surface area (Å²) >= 11 is 0. The minimum Gasteiger partial charge on any atom is -0.486 e. The molecule has 0 radical (unpaired) electrons. The highest BCUT2D eigenvalue weighted by atomic mass is 16.5. The molecule has 2 heterocycles. The molecule has 0 spiro atoms. The van der Waals surface area contributed by atoms with Crippen LogP contribution in [0.4, 0.5) is 0 Å². The van der Waals surface area contributed by atoms with Crippen molar-refractivity contribution in [3.63, 3.8) is 0 Å². The fraction of sp³-hybridized carbons (Fsp3) is 0.333. The Morgan fingerprint density at radius 1 is 1.26 bits per heavy atom. The summed E-state index contributed by atoms with van der Waals surface area (Å²) in [5.74, 6) is 0.965. The normalized spacial score (nSPS) is 19.8. The first-order valence-electron chi connectivity index (χ1n) is 6.43. The summed E-state index contributed by atoms with van der Waals surface area (Å²) < 4.78 is 6.00. The molecule has 0 saturated heterocycles. The maximum absolute atomic E-state index is 6.00. The van der Waals surface area contributed by atoms with Crippen LogP contribution in [-0.4, -0.2) is 15.6 Å². The molecule has 0 bridgehead atoms. The molecule has 4 nitrogen and oxygen atoms in total. The summed E-state index contributed by atoms with van der Waals surface area (Å²) in [5, 5.41) is 3.53. The molecule has 1 unspecified atom stereocenters. The molecule has 19 heavy (non-hydrogen) atoms. The first-order chi connectivity index (χ1) is 9.17. The third-order valence-electron chi connectivity index (χ3n) is 3.43. The molecule has 1 atom stereocenters. The molecule has 4 heteroatoms. The van der Waals surface area contributed by atoms with E-state index in [4.69, 9.17) is 4.74 Å². The smallest absolute Gasteiger partial charge is 0.125 e. The average Bonchev–Trinajstić information content (AvgIpc) is 2.67. The monoisotopic (exact) mass is 255 g/mol. The Bertz CT molecular complexity index is 569. The van der Waals surface area contributed by atoms with Gasteiger partial charge in [0, 0.05) is 18.3 Å². The lowest BCUT2D eigenvalue weighted by Gasteiger charge is -2.27. The highest BCUT2D eigenvalue weighted by Crippen LogP contribution is 2.42. The second kappa shape index (κ2) is 4.63. The fourth-order valence-corrected chi connectivity index (χ4v) is 2.51. The fourth-order valence-electron chi connectivity index (χ4n) is 2.51. The third-order valence-corrected chi connectivity index (χ3v) is 3.43. The van der Waals surface area contributed by atoms with Gasteiger partial charge in [-0.3, -0.25) is 0 Å². The number of aromatic nitrogens is 2. The van der Waals surface area contributed by atoms with E-state index >= 15 is 0 Å². The van der Waals surface area contributed by atoms with E-state index in [1.54, 1.807) is 12.5 Å². The van der Waals surface area contributed by atoms with Crippen LogP contribution in [0.1, 0.15) is 31.1 Å². The van der Waals surface area contributed by atoms with Gasteiger partial charge in [-0.05, 0) is 26.0 Å². The molecule has 1 aromatic heterocycles. The zero-order valence-corrected chi connectivity index (χ0v) is 11.1. The number of para-hydroxylation sites is 1. The summed E-state index contributed by atoms with van der Waals surface area (Å²) in [5.41, 5.74) is 1.94. The van der Waals surface area contributed by atoms with Crippen LogP contribution in [0.15, 0.2) is 42.9 Å². The van der Waals surface area contributed by atoms with Gasteiger partial charge in [0.05, 0.1) is 11.7 Å². The maximum Gasteiger partial charge on any atom is 0.125 e. The second-order valence-electron chi connectivity index (χ2n) is 5.26. The van der Waals surface area contributed by atoms with Gasteiger partial charge in [-0.1, -0.05) is 18.2 Å². The van der Waals surface area contributed by atoms with Crippen molar-refractivity contribution >= 4 is 0 Å². The maximum atomic E-state index is 6.00. The number of nitrogens with one attached hydrogen (secondary N) is 1. The molecular weight excluding hydrogens is 238 g/mol. The van der Waals surface area contributed by atoms with Gasteiger partial charge < -0.3 is 10.1 Å². The van der Waals surface area contributed by atoms with Gasteiger partial charge in [0.2, 0.25) is 0 Å². The molecular formula is C15H17N3O. The largest absolute Gasteiger partial charge is 0.486 e. The zero-order valence-electron chi connectivity index (χ0n) is 11.1. The molecule has 0 saturated carbocycles. The summed E-state index contributed by atoms with van der Waals surface area (Å²) in [6.07, 6.45) is 3.33. The number of hydrogen-bond donors (Lipinski definition) is 1. The van der Waals surface area contributed by atoms with E-state index in [2.05, 4.69) is 35.2 Å². The number of fused-ring (bicyclic) bond motifs is 1. The Morgan fingerprint density at radius 3 is 2.89 bits per heavy atom. The molecule has 3 rings (SSSR count). The van der Waals surface area contributed by atoms with Crippen molar-refractivity contribution in [3.8, 4) is 5.75 Å². The SMILES string of the molecule is CC1(C)Oc2ccccc2C1NCc1ccncn1.